The molecule has 1 atom stereocenters. The zero-order valence-corrected chi connectivity index (χ0v) is 17.3. The lowest BCUT2D eigenvalue weighted by molar-refractivity contribution is -0.118. The summed E-state index contributed by atoms with van der Waals surface area (Å²) in [6.07, 6.45) is 1.70. The van der Waals surface area contributed by atoms with Crippen molar-refractivity contribution in [3.05, 3.63) is 70.1 Å². The number of benzene rings is 2. The Morgan fingerprint density at radius 2 is 1.93 bits per heavy atom. The highest BCUT2D eigenvalue weighted by Gasteiger charge is 2.31. The minimum Gasteiger partial charge on any atom is -0.494 e. The van der Waals surface area contributed by atoms with Crippen molar-refractivity contribution in [1.82, 2.24) is 0 Å². The maximum atomic E-state index is 13.1. The summed E-state index contributed by atoms with van der Waals surface area (Å²) in [5.74, 6) is 0.412. The van der Waals surface area contributed by atoms with E-state index in [1.165, 1.54) is 10.3 Å². The molecule has 0 aliphatic carbocycles. The fourth-order valence-electron chi connectivity index (χ4n) is 3.10. The van der Waals surface area contributed by atoms with Crippen LogP contribution in [0.2, 0.25) is 5.02 Å². The van der Waals surface area contributed by atoms with Gasteiger partial charge in [0.2, 0.25) is 5.91 Å². The number of anilines is 1. The molecule has 1 aliphatic heterocycles. The number of rotatable bonds is 6. The van der Waals surface area contributed by atoms with E-state index in [1.54, 1.807) is 18.2 Å². The molecule has 5 nitrogen and oxygen atoms in total. The Morgan fingerprint density at radius 1 is 1.21 bits per heavy atom. The monoisotopic (exact) mass is 419 g/mol. The number of ether oxygens (including phenoxy) is 1. The number of amides is 1. The SMILES string of the molecule is CCOc1ccc(CC(=O)N(c2ccc(C)c(Cl)c2)[C@H]2C=CS(=O)(=O)C2)cc1. The first kappa shape index (κ1) is 20.4. The quantitative estimate of drug-likeness (QED) is 0.711. The molecule has 0 spiro atoms. The number of hydrogen-bond acceptors (Lipinski definition) is 4. The predicted molar refractivity (Wildman–Crippen MR) is 112 cm³/mol. The van der Waals surface area contributed by atoms with Crippen LogP contribution in [0.15, 0.2) is 53.9 Å². The van der Waals surface area contributed by atoms with Crippen molar-refractivity contribution in [2.24, 2.45) is 0 Å². The van der Waals surface area contributed by atoms with Crippen LogP contribution < -0.4 is 9.64 Å². The lowest BCUT2D eigenvalue weighted by Crippen LogP contribution is -2.42. The van der Waals surface area contributed by atoms with Crippen LogP contribution in [-0.2, 0) is 21.1 Å². The molecule has 1 amide bonds. The molecular formula is C21H22ClNO4S. The van der Waals surface area contributed by atoms with Crippen LogP contribution in [0, 0.1) is 6.92 Å². The van der Waals surface area contributed by atoms with Crippen molar-refractivity contribution in [3.8, 4) is 5.75 Å². The van der Waals surface area contributed by atoms with Crippen LogP contribution in [0.5, 0.6) is 5.75 Å². The Bertz CT molecular complexity index is 1000. The minimum atomic E-state index is -3.31. The van der Waals surface area contributed by atoms with Crippen molar-refractivity contribution in [2.45, 2.75) is 26.3 Å². The predicted octanol–water partition coefficient (Wildman–Crippen LogP) is 3.93. The summed E-state index contributed by atoms with van der Waals surface area (Å²) in [7, 11) is -3.31. The second-order valence-electron chi connectivity index (χ2n) is 6.68. The Kier molecular flexibility index (Phi) is 6.10. The average molecular weight is 420 g/mol. The van der Waals surface area contributed by atoms with Gasteiger partial charge in [-0.1, -0.05) is 29.8 Å². The standard InChI is InChI=1S/C21H22ClNO4S/c1-3-27-19-8-5-16(6-9-19)12-21(24)23(18-10-11-28(25,26)14-18)17-7-4-15(2)20(22)13-17/h4-11,13,18H,3,12,14H2,1-2H3/t18-/m0/s1. The maximum Gasteiger partial charge on any atom is 0.231 e. The summed E-state index contributed by atoms with van der Waals surface area (Å²) >= 11 is 6.24. The van der Waals surface area contributed by atoms with Gasteiger partial charge in [-0.25, -0.2) is 8.42 Å². The number of aryl methyl sites for hydroxylation is 1. The van der Waals surface area contributed by atoms with Gasteiger partial charge in [0.25, 0.3) is 0 Å². The van der Waals surface area contributed by atoms with E-state index in [0.29, 0.717) is 17.3 Å². The van der Waals surface area contributed by atoms with Crippen LogP contribution in [-0.4, -0.2) is 32.7 Å². The zero-order valence-electron chi connectivity index (χ0n) is 15.8. The number of sulfone groups is 1. The summed E-state index contributed by atoms with van der Waals surface area (Å²) < 4.78 is 29.3. The van der Waals surface area contributed by atoms with E-state index < -0.39 is 15.9 Å². The number of halogens is 1. The van der Waals surface area contributed by atoms with E-state index in [4.69, 9.17) is 16.3 Å². The van der Waals surface area contributed by atoms with E-state index in [0.717, 1.165) is 16.9 Å². The van der Waals surface area contributed by atoms with Crippen molar-refractivity contribution in [2.75, 3.05) is 17.3 Å². The highest BCUT2D eigenvalue weighted by Crippen LogP contribution is 2.28. The number of carbonyl (C=O) groups is 1. The normalized spacial score (nSPS) is 17.5. The Balaban J connectivity index is 1.88. The average Bonchev–Trinajstić information content (AvgIpc) is 2.99. The molecule has 7 heteroatoms. The summed E-state index contributed by atoms with van der Waals surface area (Å²) in [5, 5.41) is 1.70. The third-order valence-corrected chi connectivity index (χ3v) is 6.32. The number of nitrogens with zero attached hydrogens (tertiary/aromatic N) is 1. The highest BCUT2D eigenvalue weighted by molar-refractivity contribution is 7.94. The molecule has 148 valence electrons. The van der Waals surface area contributed by atoms with Gasteiger partial charge in [0, 0.05) is 16.1 Å². The van der Waals surface area contributed by atoms with Gasteiger partial charge in [0.1, 0.15) is 5.75 Å². The van der Waals surface area contributed by atoms with Crippen molar-refractivity contribution in [3.63, 3.8) is 0 Å². The van der Waals surface area contributed by atoms with Crippen LogP contribution >= 0.6 is 11.6 Å². The molecular weight excluding hydrogens is 398 g/mol. The van der Waals surface area contributed by atoms with Gasteiger partial charge in [-0.2, -0.15) is 0 Å². The van der Waals surface area contributed by atoms with Gasteiger partial charge in [-0.15, -0.1) is 0 Å². The lowest BCUT2D eigenvalue weighted by atomic mass is 10.1. The van der Waals surface area contributed by atoms with Gasteiger partial charge >= 0.3 is 0 Å². The van der Waals surface area contributed by atoms with Crippen LogP contribution in [0.4, 0.5) is 5.69 Å². The Morgan fingerprint density at radius 3 is 2.50 bits per heavy atom. The van der Waals surface area contributed by atoms with Crippen LogP contribution in [0.25, 0.3) is 0 Å². The lowest BCUT2D eigenvalue weighted by Gasteiger charge is -2.28. The summed E-state index contributed by atoms with van der Waals surface area (Å²) in [5.41, 5.74) is 2.29. The third-order valence-electron chi connectivity index (χ3n) is 4.53. The van der Waals surface area contributed by atoms with Crippen LogP contribution in [0.3, 0.4) is 0 Å². The van der Waals surface area contributed by atoms with Crippen molar-refractivity contribution >= 4 is 33.0 Å². The zero-order chi connectivity index (χ0) is 20.3. The molecule has 0 saturated heterocycles. The van der Waals surface area contributed by atoms with E-state index in [-0.39, 0.29) is 18.1 Å². The molecule has 2 aromatic rings. The first-order valence-corrected chi connectivity index (χ1v) is 11.1. The molecule has 0 aromatic heterocycles. The molecule has 1 heterocycles. The van der Waals surface area contributed by atoms with Gasteiger partial charge in [-0.05, 0) is 55.3 Å². The highest BCUT2D eigenvalue weighted by atomic mass is 35.5. The fourth-order valence-corrected chi connectivity index (χ4v) is 4.55. The summed E-state index contributed by atoms with van der Waals surface area (Å²) in [4.78, 5) is 14.7. The second-order valence-corrected chi connectivity index (χ2v) is 9.01. The molecule has 28 heavy (non-hydrogen) atoms. The molecule has 1 aliphatic rings. The molecule has 0 unspecified atom stereocenters. The van der Waals surface area contributed by atoms with E-state index in [9.17, 15) is 13.2 Å². The summed E-state index contributed by atoms with van der Waals surface area (Å²) in [6.45, 7) is 4.35. The smallest absolute Gasteiger partial charge is 0.231 e. The molecule has 3 rings (SSSR count). The van der Waals surface area contributed by atoms with E-state index in [1.807, 2.05) is 44.2 Å². The fraction of sp³-hybridized carbons (Fsp3) is 0.286. The van der Waals surface area contributed by atoms with Crippen molar-refractivity contribution < 1.29 is 17.9 Å². The van der Waals surface area contributed by atoms with Crippen molar-refractivity contribution in [1.29, 1.82) is 0 Å². The van der Waals surface area contributed by atoms with E-state index >= 15 is 0 Å². The largest absolute Gasteiger partial charge is 0.494 e. The first-order valence-electron chi connectivity index (χ1n) is 9.00. The Hall–Kier alpha value is -2.31. The summed E-state index contributed by atoms with van der Waals surface area (Å²) in [6, 6.07) is 12.1. The van der Waals surface area contributed by atoms with Gasteiger partial charge in [0.15, 0.2) is 9.84 Å². The van der Waals surface area contributed by atoms with Gasteiger partial charge in [0.05, 0.1) is 24.8 Å². The number of hydrogen-bond donors (Lipinski definition) is 0. The number of carbonyl (C=O) groups excluding carboxylic acids is 1. The third kappa shape index (κ3) is 4.75. The first-order chi connectivity index (χ1) is 13.3. The topological polar surface area (TPSA) is 63.7 Å². The Labute approximate surface area is 170 Å². The van der Waals surface area contributed by atoms with Crippen LogP contribution in [0.1, 0.15) is 18.1 Å². The molecule has 0 saturated carbocycles. The van der Waals surface area contributed by atoms with Gasteiger partial charge < -0.3 is 9.64 Å². The molecule has 2 aromatic carbocycles. The van der Waals surface area contributed by atoms with E-state index in [2.05, 4.69) is 0 Å². The van der Waals surface area contributed by atoms with Gasteiger partial charge in [-0.3, -0.25) is 4.79 Å². The minimum absolute atomic E-state index is 0.131. The molecule has 0 fully saturated rings. The maximum absolute atomic E-state index is 13.1. The molecule has 0 radical (unpaired) electrons. The molecule has 0 bridgehead atoms. The molecule has 0 N–H and O–H groups in total. The second kappa shape index (κ2) is 8.37.